The van der Waals surface area contributed by atoms with Gasteiger partial charge in [0.15, 0.2) is 6.61 Å². The lowest BCUT2D eigenvalue weighted by molar-refractivity contribution is 0.0695. The Hall–Kier alpha value is -2.51. The Morgan fingerprint density at radius 1 is 1.50 bits per heavy atom. The lowest BCUT2D eigenvalue weighted by atomic mass is 10.2. The molecule has 0 aliphatic heterocycles. The van der Waals surface area contributed by atoms with Crippen LogP contribution in [-0.4, -0.2) is 31.3 Å². The first-order chi connectivity index (χ1) is 8.54. The average molecular weight is 252 g/mol. The topological polar surface area (TPSA) is 90.1 Å². The molecule has 0 fully saturated rings. The third-order valence-corrected chi connectivity index (χ3v) is 2.04. The van der Waals surface area contributed by atoms with Crippen LogP contribution < -0.4 is 4.74 Å². The van der Waals surface area contributed by atoms with Crippen LogP contribution >= 0.6 is 0 Å². The number of tetrazole rings is 1. The Morgan fingerprint density at radius 3 is 2.89 bits per heavy atom. The van der Waals surface area contributed by atoms with Gasteiger partial charge in [0.2, 0.25) is 5.82 Å². The van der Waals surface area contributed by atoms with Crippen molar-refractivity contribution in [3.63, 3.8) is 0 Å². The maximum Gasteiger partial charge on any atom is 0.335 e. The number of carboxylic acid groups (broad SMARTS) is 1. The Labute approximate surface area is 101 Å². The number of aryl methyl sites for hydroxylation is 1. The Balaban J connectivity index is 2.11. The van der Waals surface area contributed by atoms with Crippen LogP contribution in [0.1, 0.15) is 16.2 Å². The van der Waals surface area contributed by atoms with Crippen LogP contribution in [0.3, 0.4) is 0 Å². The predicted octanol–water partition coefficient (Wildman–Crippen LogP) is 0.626. The van der Waals surface area contributed by atoms with E-state index in [4.69, 9.17) is 9.84 Å². The molecule has 0 aliphatic carbocycles. The lowest BCUT2D eigenvalue weighted by Crippen LogP contribution is -2.02. The van der Waals surface area contributed by atoms with Gasteiger partial charge in [0, 0.05) is 6.07 Å². The number of ether oxygens (including phenoxy) is 1. The second-order valence-electron chi connectivity index (χ2n) is 3.46. The third kappa shape index (κ3) is 2.78. The van der Waals surface area contributed by atoms with E-state index in [-0.39, 0.29) is 17.9 Å². The first kappa shape index (κ1) is 12.0. The quantitative estimate of drug-likeness (QED) is 0.858. The van der Waals surface area contributed by atoms with Crippen molar-refractivity contribution in [2.45, 2.75) is 6.61 Å². The number of nitrogens with zero attached hydrogens (tertiary/aromatic N) is 4. The standard InChI is InChI=1S/C10H9FN4O3/c1-15-13-9(12-14-15)5-18-8-3-6(10(16)17)2-7(11)4-8/h2-4H,5H2,1H3,(H,16,17). The largest absolute Gasteiger partial charge is 0.485 e. The van der Waals surface area contributed by atoms with Crippen molar-refractivity contribution in [3.05, 3.63) is 35.4 Å². The van der Waals surface area contributed by atoms with Crippen molar-refractivity contribution in [2.24, 2.45) is 7.05 Å². The average Bonchev–Trinajstić information content (AvgIpc) is 2.72. The third-order valence-electron chi connectivity index (χ3n) is 2.04. The molecule has 0 aliphatic rings. The van der Waals surface area contributed by atoms with Gasteiger partial charge in [-0.25, -0.2) is 9.18 Å². The molecule has 0 radical (unpaired) electrons. The molecular weight excluding hydrogens is 243 g/mol. The highest BCUT2D eigenvalue weighted by Gasteiger charge is 2.09. The molecule has 7 nitrogen and oxygen atoms in total. The monoisotopic (exact) mass is 252 g/mol. The fraction of sp³-hybridized carbons (Fsp3) is 0.200. The van der Waals surface area contributed by atoms with Crippen molar-refractivity contribution in [1.82, 2.24) is 20.2 Å². The SMILES string of the molecule is Cn1nnc(COc2cc(F)cc(C(=O)O)c2)n1. The first-order valence-corrected chi connectivity index (χ1v) is 4.94. The van der Waals surface area contributed by atoms with Crippen LogP contribution in [0.25, 0.3) is 0 Å². The van der Waals surface area contributed by atoms with Crippen LogP contribution in [-0.2, 0) is 13.7 Å². The maximum atomic E-state index is 13.1. The normalized spacial score (nSPS) is 10.3. The smallest absolute Gasteiger partial charge is 0.335 e. The highest BCUT2D eigenvalue weighted by molar-refractivity contribution is 5.88. The van der Waals surface area contributed by atoms with Gasteiger partial charge in [-0.3, -0.25) is 0 Å². The van der Waals surface area contributed by atoms with Gasteiger partial charge in [-0.05, 0) is 17.3 Å². The van der Waals surface area contributed by atoms with Crippen LogP contribution in [0.2, 0.25) is 0 Å². The Bertz CT molecular complexity index is 584. The summed E-state index contributed by atoms with van der Waals surface area (Å²) < 4.78 is 18.3. The molecule has 0 unspecified atom stereocenters. The maximum absolute atomic E-state index is 13.1. The van der Waals surface area contributed by atoms with Crippen molar-refractivity contribution in [2.75, 3.05) is 0 Å². The van der Waals surface area contributed by atoms with Crippen molar-refractivity contribution >= 4 is 5.97 Å². The molecule has 2 aromatic rings. The van der Waals surface area contributed by atoms with E-state index in [1.54, 1.807) is 7.05 Å². The molecule has 0 spiro atoms. The van der Waals surface area contributed by atoms with Crippen molar-refractivity contribution < 1.29 is 19.0 Å². The van der Waals surface area contributed by atoms with Gasteiger partial charge in [0.05, 0.1) is 12.6 Å². The van der Waals surface area contributed by atoms with Crippen molar-refractivity contribution in [3.8, 4) is 5.75 Å². The van der Waals surface area contributed by atoms with Crippen LogP contribution in [0.5, 0.6) is 5.75 Å². The van der Waals surface area contributed by atoms with Gasteiger partial charge >= 0.3 is 5.97 Å². The summed E-state index contributed by atoms with van der Waals surface area (Å²) in [4.78, 5) is 12.0. The number of carboxylic acids is 1. The highest BCUT2D eigenvalue weighted by atomic mass is 19.1. The van der Waals surface area contributed by atoms with E-state index in [2.05, 4.69) is 15.4 Å². The molecule has 1 aromatic heterocycles. The van der Waals surface area contributed by atoms with Crippen LogP contribution in [0.4, 0.5) is 4.39 Å². The number of rotatable bonds is 4. The summed E-state index contributed by atoms with van der Waals surface area (Å²) in [7, 11) is 1.60. The van der Waals surface area contributed by atoms with E-state index in [1.807, 2.05) is 0 Å². The molecule has 0 bridgehead atoms. The summed E-state index contributed by atoms with van der Waals surface area (Å²) in [6, 6.07) is 3.22. The predicted molar refractivity (Wildman–Crippen MR) is 56.5 cm³/mol. The molecule has 1 aromatic carbocycles. The number of aromatic carboxylic acids is 1. The van der Waals surface area contributed by atoms with Crippen LogP contribution in [0.15, 0.2) is 18.2 Å². The van der Waals surface area contributed by atoms with E-state index >= 15 is 0 Å². The second-order valence-corrected chi connectivity index (χ2v) is 3.46. The molecule has 94 valence electrons. The number of carbonyl (C=O) groups is 1. The highest BCUT2D eigenvalue weighted by Crippen LogP contribution is 2.17. The number of aromatic nitrogens is 4. The number of benzene rings is 1. The zero-order chi connectivity index (χ0) is 13.1. The number of halogens is 1. The van der Waals surface area contributed by atoms with Gasteiger partial charge in [-0.1, -0.05) is 0 Å². The zero-order valence-corrected chi connectivity index (χ0v) is 9.37. The summed E-state index contributed by atoms with van der Waals surface area (Å²) in [6.07, 6.45) is 0. The summed E-state index contributed by atoms with van der Waals surface area (Å²) >= 11 is 0. The molecule has 8 heteroatoms. The summed E-state index contributed by atoms with van der Waals surface area (Å²) in [5, 5.41) is 19.9. The van der Waals surface area contributed by atoms with Gasteiger partial charge < -0.3 is 9.84 Å². The minimum atomic E-state index is -1.23. The number of hydrogen-bond acceptors (Lipinski definition) is 5. The number of hydrogen-bond donors (Lipinski definition) is 1. The zero-order valence-electron chi connectivity index (χ0n) is 9.37. The summed E-state index contributed by atoms with van der Waals surface area (Å²) in [5.74, 6) is -1.49. The molecule has 2 rings (SSSR count). The fourth-order valence-electron chi connectivity index (χ4n) is 1.30. The van der Waals surface area contributed by atoms with E-state index < -0.39 is 11.8 Å². The van der Waals surface area contributed by atoms with Gasteiger partial charge in [-0.2, -0.15) is 4.80 Å². The van der Waals surface area contributed by atoms with Crippen molar-refractivity contribution in [1.29, 1.82) is 0 Å². The Morgan fingerprint density at radius 2 is 2.28 bits per heavy atom. The van der Waals surface area contributed by atoms with E-state index in [1.165, 1.54) is 10.9 Å². The molecule has 1 N–H and O–H groups in total. The second kappa shape index (κ2) is 4.78. The molecule has 0 saturated carbocycles. The van der Waals surface area contributed by atoms with E-state index in [0.717, 1.165) is 12.1 Å². The van der Waals surface area contributed by atoms with E-state index in [9.17, 15) is 9.18 Å². The summed E-state index contributed by atoms with van der Waals surface area (Å²) in [5.41, 5.74) is -0.183. The lowest BCUT2D eigenvalue weighted by Gasteiger charge is -2.04. The molecule has 0 atom stereocenters. The van der Waals surface area contributed by atoms with Gasteiger partial charge in [0.25, 0.3) is 0 Å². The molecule has 1 heterocycles. The van der Waals surface area contributed by atoms with Crippen LogP contribution in [0, 0.1) is 5.82 Å². The summed E-state index contributed by atoms with van der Waals surface area (Å²) in [6.45, 7) is -0.0175. The van der Waals surface area contributed by atoms with E-state index in [0.29, 0.717) is 5.82 Å². The molecule has 0 amide bonds. The minimum Gasteiger partial charge on any atom is -0.485 e. The minimum absolute atomic E-state index is 0.0175. The molecular formula is C10H9FN4O3. The Kier molecular flexibility index (Phi) is 3.18. The molecule has 0 saturated heterocycles. The van der Waals surface area contributed by atoms with Gasteiger partial charge in [-0.15, -0.1) is 10.2 Å². The fourth-order valence-corrected chi connectivity index (χ4v) is 1.30. The molecule has 18 heavy (non-hydrogen) atoms. The first-order valence-electron chi connectivity index (χ1n) is 4.94. The van der Waals surface area contributed by atoms with Gasteiger partial charge in [0.1, 0.15) is 11.6 Å².